The van der Waals surface area contributed by atoms with E-state index in [1.54, 1.807) is 0 Å². The molecule has 23 heavy (non-hydrogen) atoms. The van der Waals surface area contributed by atoms with Crippen LogP contribution in [0.2, 0.25) is 0 Å². The Bertz CT molecular complexity index is 591. The van der Waals surface area contributed by atoms with E-state index in [0.717, 1.165) is 25.3 Å². The van der Waals surface area contributed by atoms with E-state index in [2.05, 4.69) is 12.2 Å². The fraction of sp³-hybridized carbons (Fsp3) is 0.250. The fourth-order valence-corrected chi connectivity index (χ4v) is 2.08. The molecule has 0 N–H and O–H groups in total. The van der Waals surface area contributed by atoms with Crippen molar-refractivity contribution in [3.63, 3.8) is 0 Å². The number of carbonyl (C=O) groups excluding carboxylic acids is 2. The molecule has 0 aromatic heterocycles. The van der Waals surface area contributed by atoms with E-state index < -0.39 is 11.9 Å². The SMILES string of the molecule is O=C([O-])c1cc(OCCCC2=CC=CC2)cc(C(=O)[O-])c1.[Na+].[Na+]. The first-order chi connectivity index (χ1) is 10.1. The third-order valence-electron chi connectivity index (χ3n) is 3.14. The molecule has 1 aromatic carbocycles. The summed E-state index contributed by atoms with van der Waals surface area (Å²) in [6, 6.07) is 3.49. The van der Waals surface area contributed by atoms with Gasteiger partial charge in [0.25, 0.3) is 0 Å². The van der Waals surface area contributed by atoms with Gasteiger partial charge >= 0.3 is 59.1 Å². The third-order valence-corrected chi connectivity index (χ3v) is 3.14. The fourth-order valence-electron chi connectivity index (χ4n) is 2.08. The molecule has 0 saturated heterocycles. The number of carboxylic acid groups (broad SMARTS) is 2. The summed E-state index contributed by atoms with van der Waals surface area (Å²) in [6.07, 6.45) is 8.75. The molecule has 1 aliphatic rings. The number of ether oxygens (including phenoxy) is 1. The second-order valence-corrected chi connectivity index (χ2v) is 4.73. The van der Waals surface area contributed by atoms with Crippen LogP contribution in [-0.2, 0) is 0 Å². The average Bonchev–Trinajstić information content (AvgIpc) is 2.96. The van der Waals surface area contributed by atoms with Crippen molar-refractivity contribution in [3.05, 3.63) is 53.1 Å². The molecule has 5 nitrogen and oxygen atoms in total. The number of hydrogen-bond donors (Lipinski definition) is 0. The van der Waals surface area contributed by atoms with E-state index in [-0.39, 0.29) is 76.0 Å². The summed E-state index contributed by atoms with van der Waals surface area (Å²) in [5.74, 6) is -2.72. The molecule has 0 spiro atoms. The largest absolute Gasteiger partial charge is 1.00 e. The van der Waals surface area contributed by atoms with Crippen molar-refractivity contribution >= 4 is 11.9 Å². The zero-order valence-electron chi connectivity index (χ0n) is 13.3. The van der Waals surface area contributed by atoms with Crippen LogP contribution in [0.25, 0.3) is 0 Å². The Morgan fingerprint density at radius 2 is 1.65 bits per heavy atom. The Morgan fingerprint density at radius 3 is 2.13 bits per heavy atom. The van der Waals surface area contributed by atoms with Gasteiger partial charge in [0.1, 0.15) is 5.75 Å². The molecule has 1 aromatic rings. The predicted octanol–water partition coefficient (Wildman–Crippen LogP) is -5.53. The van der Waals surface area contributed by atoms with E-state index in [1.165, 1.54) is 17.7 Å². The Morgan fingerprint density at radius 1 is 1.04 bits per heavy atom. The van der Waals surface area contributed by atoms with Crippen molar-refractivity contribution < 1.29 is 83.7 Å². The molecule has 0 unspecified atom stereocenters. The van der Waals surface area contributed by atoms with Gasteiger partial charge in [-0.05, 0) is 37.5 Å². The summed E-state index contributed by atoms with van der Waals surface area (Å²) >= 11 is 0. The summed E-state index contributed by atoms with van der Waals surface area (Å²) < 4.78 is 5.42. The minimum absolute atomic E-state index is 0. The van der Waals surface area contributed by atoms with Crippen molar-refractivity contribution in [1.82, 2.24) is 0 Å². The number of allylic oxidation sites excluding steroid dienone is 4. The van der Waals surface area contributed by atoms with Gasteiger partial charge in [-0.25, -0.2) is 0 Å². The van der Waals surface area contributed by atoms with Crippen LogP contribution in [0, 0.1) is 0 Å². The quantitative estimate of drug-likeness (QED) is 0.367. The number of benzene rings is 1. The molecule has 0 fully saturated rings. The molecule has 0 aliphatic heterocycles. The van der Waals surface area contributed by atoms with Gasteiger partial charge < -0.3 is 24.5 Å². The van der Waals surface area contributed by atoms with Gasteiger partial charge in [0.15, 0.2) is 0 Å². The zero-order valence-corrected chi connectivity index (χ0v) is 17.3. The molecule has 1 aliphatic carbocycles. The second-order valence-electron chi connectivity index (χ2n) is 4.73. The number of aromatic carboxylic acids is 2. The third kappa shape index (κ3) is 7.25. The monoisotopic (exact) mass is 332 g/mol. The number of carbonyl (C=O) groups is 2. The summed E-state index contributed by atoms with van der Waals surface area (Å²) in [5, 5.41) is 21.7. The van der Waals surface area contributed by atoms with Gasteiger partial charge in [0.05, 0.1) is 18.5 Å². The number of rotatable bonds is 7. The maximum absolute atomic E-state index is 10.8. The van der Waals surface area contributed by atoms with Gasteiger partial charge in [0, 0.05) is 11.1 Å². The van der Waals surface area contributed by atoms with Crippen LogP contribution in [0.5, 0.6) is 5.75 Å². The molecule has 0 saturated carbocycles. The van der Waals surface area contributed by atoms with Crippen LogP contribution in [0.4, 0.5) is 0 Å². The summed E-state index contributed by atoms with van der Waals surface area (Å²) in [7, 11) is 0. The molecule has 2 rings (SSSR count). The minimum Gasteiger partial charge on any atom is -0.545 e. The van der Waals surface area contributed by atoms with Crippen LogP contribution in [0.3, 0.4) is 0 Å². The smallest absolute Gasteiger partial charge is 0.545 e. The van der Waals surface area contributed by atoms with Crippen molar-refractivity contribution in [3.8, 4) is 5.75 Å². The van der Waals surface area contributed by atoms with Crippen molar-refractivity contribution in [2.24, 2.45) is 0 Å². The van der Waals surface area contributed by atoms with E-state index >= 15 is 0 Å². The summed E-state index contributed by atoms with van der Waals surface area (Å²) in [5.41, 5.74) is 0.835. The normalized spacial score (nSPS) is 11.9. The predicted molar refractivity (Wildman–Crippen MR) is 71.7 cm³/mol. The van der Waals surface area contributed by atoms with Crippen LogP contribution in [-0.4, -0.2) is 18.5 Å². The molecule has 7 heteroatoms. The molecule has 0 atom stereocenters. The number of carboxylic acids is 2. The van der Waals surface area contributed by atoms with Crippen LogP contribution in [0.1, 0.15) is 40.0 Å². The van der Waals surface area contributed by atoms with E-state index in [1.807, 2.05) is 6.08 Å². The molecule has 0 radical (unpaired) electrons. The Labute approximate surface area is 179 Å². The first-order valence-corrected chi connectivity index (χ1v) is 6.61. The van der Waals surface area contributed by atoms with E-state index in [9.17, 15) is 19.8 Å². The second kappa shape index (κ2) is 11.1. The van der Waals surface area contributed by atoms with E-state index in [0.29, 0.717) is 6.61 Å². The van der Waals surface area contributed by atoms with Crippen LogP contribution in [0.15, 0.2) is 42.0 Å². The first-order valence-electron chi connectivity index (χ1n) is 6.61. The summed E-state index contributed by atoms with van der Waals surface area (Å²) in [4.78, 5) is 21.7. The van der Waals surface area contributed by atoms with Gasteiger partial charge in [0.2, 0.25) is 0 Å². The van der Waals surface area contributed by atoms with Gasteiger partial charge in [-0.15, -0.1) is 0 Å². The molecular weight excluding hydrogens is 318 g/mol. The Kier molecular flexibility index (Phi) is 10.8. The standard InChI is InChI=1S/C16H16O5.2Na/c17-15(18)12-8-13(16(19)20)10-14(9-12)21-7-3-6-11-4-1-2-5-11;;/h1-2,4,8-10H,3,5-7H2,(H,17,18)(H,19,20);;/q;2*+1/p-2. The number of hydrogen-bond acceptors (Lipinski definition) is 5. The molecule has 110 valence electrons. The zero-order chi connectivity index (χ0) is 15.2. The molecule has 0 heterocycles. The summed E-state index contributed by atoms with van der Waals surface area (Å²) in [6.45, 7) is 0.375. The van der Waals surface area contributed by atoms with Crippen molar-refractivity contribution in [1.29, 1.82) is 0 Å². The maximum Gasteiger partial charge on any atom is 1.00 e. The van der Waals surface area contributed by atoms with Gasteiger partial charge in [-0.3, -0.25) is 0 Å². The topological polar surface area (TPSA) is 89.5 Å². The minimum atomic E-state index is -1.45. The molecule has 0 amide bonds. The van der Waals surface area contributed by atoms with Crippen LogP contribution >= 0.6 is 0 Å². The van der Waals surface area contributed by atoms with Crippen LogP contribution < -0.4 is 74.1 Å². The van der Waals surface area contributed by atoms with E-state index in [4.69, 9.17) is 4.74 Å². The van der Waals surface area contributed by atoms with Gasteiger partial charge in [-0.1, -0.05) is 23.8 Å². The van der Waals surface area contributed by atoms with Gasteiger partial charge in [-0.2, -0.15) is 0 Å². The Balaban J connectivity index is 0.00000242. The molecule has 0 bridgehead atoms. The Hall–Kier alpha value is -0.560. The first kappa shape index (κ1) is 22.4. The molecular formula is C16H14Na2O5. The van der Waals surface area contributed by atoms with Crippen molar-refractivity contribution in [2.45, 2.75) is 19.3 Å². The maximum atomic E-state index is 10.8. The van der Waals surface area contributed by atoms with Crippen molar-refractivity contribution in [2.75, 3.05) is 6.61 Å². The average molecular weight is 332 g/mol.